The average molecular weight is 385 g/mol. The summed E-state index contributed by atoms with van der Waals surface area (Å²) in [6, 6.07) is 16.9. The molecule has 134 valence electrons. The van der Waals surface area contributed by atoms with Crippen LogP contribution < -0.4 is 4.67 Å². The highest BCUT2D eigenvalue weighted by Gasteiger charge is 2.21. The number of nitrogens with zero attached hydrogens (tertiary/aromatic N) is 2. The largest absolute Gasteiger partial charge is 0.283 e. The van der Waals surface area contributed by atoms with Gasteiger partial charge in [-0.05, 0) is 68.4 Å². The lowest BCUT2D eigenvalue weighted by Gasteiger charge is -2.14. The Kier molecular flexibility index (Phi) is 4.54. The van der Waals surface area contributed by atoms with Crippen LogP contribution in [0.5, 0.6) is 0 Å². The molecule has 0 saturated heterocycles. The van der Waals surface area contributed by atoms with E-state index in [4.69, 9.17) is 0 Å². The minimum Gasteiger partial charge on any atom is -0.268 e. The fourth-order valence-electron chi connectivity index (χ4n) is 3.26. The maximum Gasteiger partial charge on any atom is 0.283 e. The third-order valence-corrected chi connectivity index (χ3v) is 7.16. The van der Waals surface area contributed by atoms with E-state index in [9.17, 15) is 8.42 Å². The molecule has 0 radical (unpaired) electrons. The summed E-state index contributed by atoms with van der Waals surface area (Å²) < 4.78 is 32.5. The lowest BCUT2D eigenvalue weighted by Crippen LogP contribution is -2.13. The molecule has 0 atom stereocenters. The first kappa shape index (κ1) is 17.2. The van der Waals surface area contributed by atoms with E-state index >= 15 is 0 Å². The molecule has 2 aromatic carbocycles. The van der Waals surface area contributed by atoms with E-state index in [0.29, 0.717) is 4.67 Å². The molecule has 1 heterocycles. The van der Waals surface area contributed by atoms with Crippen molar-refractivity contribution in [1.82, 2.24) is 3.96 Å². The van der Waals surface area contributed by atoms with Crippen molar-refractivity contribution in [1.29, 1.82) is 0 Å². The monoisotopic (exact) mass is 384 g/mol. The van der Waals surface area contributed by atoms with Gasteiger partial charge < -0.3 is 0 Å². The molecule has 0 unspecified atom stereocenters. The molecule has 6 heteroatoms. The van der Waals surface area contributed by atoms with Gasteiger partial charge in [0.05, 0.1) is 10.6 Å². The summed E-state index contributed by atoms with van der Waals surface area (Å²) in [4.78, 5) is 0.243. The van der Waals surface area contributed by atoms with E-state index in [1.807, 2.05) is 37.3 Å². The topological polar surface area (TPSA) is 51.4 Å². The molecule has 4 rings (SSSR count). The van der Waals surface area contributed by atoms with Crippen LogP contribution in [0.15, 0.2) is 63.9 Å². The fraction of sp³-hybridized carbons (Fsp3) is 0.250. The number of hydrogen-bond donors (Lipinski definition) is 0. The van der Waals surface area contributed by atoms with Crippen LogP contribution in [0, 0.1) is 6.92 Å². The van der Waals surface area contributed by atoms with Crippen LogP contribution >= 0.6 is 11.5 Å². The van der Waals surface area contributed by atoms with Crippen LogP contribution in [0.3, 0.4) is 0 Å². The second-order valence-electron chi connectivity index (χ2n) is 6.54. The van der Waals surface area contributed by atoms with Crippen LogP contribution in [-0.2, 0) is 22.9 Å². The molecule has 1 aromatic heterocycles. The van der Waals surface area contributed by atoms with Gasteiger partial charge in [0.15, 0.2) is 4.67 Å². The summed E-state index contributed by atoms with van der Waals surface area (Å²) in [7, 11) is -3.71. The van der Waals surface area contributed by atoms with E-state index < -0.39 is 10.0 Å². The summed E-state index contributed by atoms with van der Waals surface area (Å²) in [6.07, 6.45) is 4.04. The molecule has 0 N–H and O–H groups in total. The van der Waals surface area contributed by atoms with Crippen molar-refractivity contribution >= 4 is 21.6 Å². The van der Waals surface area contributed by atoms with Crippen LogP contribution in [-0.4, -0.2) is 12.4 Å². The zero-order valence-electron chi connectivity index (χ0n) is 14.6. The Hall–Kier alpha value is -2.18. The predicted octanol–water partition coefficient (Wildman–Crippen LogP) is 4.02. The maximum atomic E-state index is 12.8. The summed E-state index contributed by atoms with van der Waals surface area (Å²) in [5.74, 6) is 0. The van der Waals surface area contributed by atoms with Crippen LogP contribution in [0.2, 0.25) is 0 Å². The zero-order chi connectivity index (χ0) is 18.1. The average Bonchev–Trinajstić information content (AvgIpc) is 3.01. The van der Waals surface area contributed by atoms with Gasteiger partial charge in [-0.1, -0.05) is 35.9 Å². The number of rotatable bonds is 3. The second kappa shape index (κ2) is 6.85. The molecule has 3 aromatic rings. The third kappa shape index (κ3) is 3.27. The number of hydrogen-bond acceptors (Lipinski definition) is 3. The molecule has 0 spiro atoms. The van der Waals surface area contributed by atoms with Crippen molar-refractivity contribution in [2.45, 2.75) is 37.5 Å². The Morgan fingerprint density at radius 2 is 1.65 bits per heavy atom. The normalized spacial score (nSPS) is 15.0. The summed E-state index contributed by atoms with van der Waals surface area (Å²) in [5, 5.41) is 0. The molecule has 26 heavy (non-hydrogen) atoms. The predicted molar refractivity (Wildman–Crippen MR) is 104 cm³/mol. The van der Waals surface area contributed by atoms with Gasteiger partial charge in [0.25, 0.3) is 10.0 Å². The van der Waals surface area contributed by atoms with Crippen molar-refractivity contribution in [2.24, 2.45) is 4.40 Å². The lowest BCUT2D eigenvalue weighted by molar-refractivity contribution is 0.596. The highest BCUT2D eigenvalue weighted by molar-refractivity contribution is 7.90. The Morgan fingerprint density at radius 1 is 0.962 bits per heavy atom. The SMILES string of the molecule is Cc1ccc(S(=O)(=O)N=c2sn(-c3ccccc3)c3c2CCCC3)cc1. The molecule has 4 nitrogen and oxygen atoms in total. The maximum absolute atomic E-state index is 12.8. The second-order valence-corrected chi connectivity index (χ2v) is 9.08. The molecular formula is C20H20N2O2S2. The number of aromatic nitrogens is 1. The summed E-state index contributed by atoms with van der Waals surface area (Å²) >= 11 is 1.42. The van der Waals surface area contributed by atoms with Gasteiger partial charge in [-0.3, -0.25) is 3.96 Å². The lowest BCUT2D eigenvalue weighted by atomic mass is 9.98. The molecular weight excluding hydrogens is 364 g/mol. The number of fused-ring (bicyclic) bond motifs is 1. The minimum atomic E-state index is -3.71. The van der Waals surface area contributed by atoms with Gasteiger partial charge in [-0.25, -0.2) is 0 Å². The van der Waals surface area contributed by atoms with Crippen molar-refractivity contribution < 1.29 is 8.42 Å². The first-order chi connectivity index (χ1) is 12.5. The van der Waals surface area contributed by atoms with Gasteiger partial charge in [0.2, 0.25) is 0 Å². The molecule has 1 aliphatic rings. The number of sulfonamides is 1. The van der Waals surface area contributed by atoms with E-state index in [0.717, 1.165) is 42.5 Å². The molecule has 0 amide bonds. The van der Waals surface area contributed by atoms with Crippen molar-refractivity contribution in [2.75, 3.05) is 0 Å². The number of benzene rings is 2. The Balaban J connectivity index is 1.88. The fourth-order valence-corrected chi connectivity index (χ4v) is 5.64. The highest BCUT2D eigenvalue weighted by Crippen LogP contribution is 2.25. The number of para-hydroxylation sites is 1. The first-order valence-electron chi connectivity index (χ1n) is 8.72. The molecule has 0 bridgehead atoms. The van der Waals surface area contributed by atoms with E-state index in [1.54, 1.807) is 24.3 Å². The Morgan fingerprint density at radius 3 is 2.38 bits per heavy atom. The summed E-state index contributed by atoms with van der Waals surface area (Å²) in [6.45, 7) is 1.94. The van der Waals surface area contributed by atoms with E-state index in [1.165, 1.54) is 17.2 Å². The van der Waals surface area contributed by atoms with Crippen molar-refractivity contribution in [3.8, 4) is 5.69 Å². The quantitative estimate of drug-likeness (QED) is 0.685. The van der Waals surface area contributed by atoms with Crippen LogP contribution in [0.25, 0.3) is 5.69 Å². The Bertz CT molecular complexity index is 1090. The van der Waals surface area contributed by atoms with Gasteiger partial charge in [0, 0.05) is 11.3 Å². The van der Waals surface area contributed by atoms with Gasteiger partial charge in [-0.15, -0.1) is 4.40 Å². The Labute approximate surface area is 157 Å². The van der Waals surface area contributed by atoms with Crippen molar-refractivity contribution in [3.05, 3.63) is 76.1 Å². The third-order valence-electron chi connectivity index (χ3n) is 4.63. The molecule has 0 saturated carbocycles. The smallest absolute Gasteiger partial charge is 0.268 e. The summed E-state index contributed by atoms with van der Waals surface area (Å²) in [5.41, 5.74) is 4.37. The van der Waals surface area contributed by atoms with Gasteiger partial charge in [-0.2, -0.15) is 8.42 Å². The molecule has 0 aliphatic heterocycles. The van der Waals surface area contributed by atoms with Crippen LogP contribution in [0.4, 0.5) is 0 Å². The molecule has 0 fully saturated rings. The van der Waals surface area contributed by atoms with E-state index in [-0.39, 0.29) is 4.90 Å². The zero-order valence-corrected chi connectivity index (χ0v) is 16.2. The van der Waals surface area contributed by atoms with Gasteiger partial charge in [0.1, 0.15) is 0 Å². The minimum absolute atomic E-state index is 0.243. The molecule has 1 aliphatic carbocycles. The standard InChI is InChI=1S/C20H20N2O2S2/c1-15-11-13-17(14-12-15)26(23,24)21-20-18-9-5-6-10-19(18)22(25-20)16-7-3-2-4-8-16/h2-4,7-8,11-14H,5-6,9-10H2,1H3. The van der Waals surface area contributed by atoms with Crippen molar-refractivity contribution in [3.63, 3.8) is 0 Å². The van der Waals surface area contributed by atoms with E-state index in [2.05, 4.69) is 8.35 Å². The highest BCUT2D eigenvalue weighted by atomic mass is 32.2. The number of aryl methyl sites for hydroxylation is 1. The van der Waals surface area contributed by atoms with Crippen LogP contribution in [0.1, 0.15) is 29.7 Å². The van der Waals surface area contributed by atoms with Gasteiger partial charge >= 0.3 is 0 Å². The first-order valence-corrected chi connectivity index (χ1v) is 10.9.